The smallest absolute Gasteiger partial charge is 0.392 e. The van der Waals surface area contributed by atoms with Gasteiger partial charge in [-0.25, -0.2) is 9.59 Å². The Morgan fingerprint density at radius 1 is 1.04 bits per heavy atom. The molecule has 0 fully saturated rings. The number of thioether (sulfide) groups is 1. The molecule has 28 heavy (non-hydrogen) atoms. The maximum atomic E-state index is 12.0. The van der Waals surface area contributed by atoms with Crippen LogP contribution in [-0.4, -0.2) is 27.4 Å². The van der Waals surface area contributed by atoms with Crippen LogP contribution in [0.2, 0.25) is 5.15 Å². The number of nitrogens with zero attached hydrogens (tertiary/aromatic N) is 2. The number of carbonyl (C=O) groups is 2. The van der Waals surface area contributed by atoms with Crippen LogP contribution >= 0.6 is 23.4 Å². The zero-order valence-corrected chi connectivity index (χ0v) is 17.3. The summed E-state index contributed by atoms with van der Waals surface area (Å²) in [7, 11) is 0. The monoisotopic (exact) mass is 422 g/mol. The Morgan fingerprint density at radius 3 is 2.50 bits per heavy atom. The van der Waals surface area contributed by atoms with Crippen molar-refractivity contribution in [2.45, 2.75) is 45.4 Å². The molecule has 1 aromatic carbocycles. The zero-order valence-electron chi connectivity index (χ0n) is 15.7. The molecular weight excluding hydrogens is 400 g/mol. The first-order valence-corrected chi connectivity index (χ1v) is 10.6. The van der Waals surface area contributed by atoms with Crippen LogP contribution in [0, 0.1) is 0 Å². The fourth-order valence-electron chi connectivity index (χ4n) is 2.47. The van der Waals surface area contributed by atoms with E-state index in [1.54, 1.807) is 12.1 Å². The molecule has 0 unspecified atom stereocenters. The largest absolute Gasteiger partial charge is 0.522 e. The van der Waals surface area contributed by atoms with Crippen molar-refractivity contribution < 1.29 is 19.1 Å². The number of halogens is 1. The fourth-order valence-corrected chi connectivity index (χ4v) is 3.25. The van der Waals surface area contributed by atoms with Gasteiger partial charge in [0.2, 0.25) is 0 Å². The molecule has 0 saturated heterocycles. The predicted octanol–water partition coefficient (Wildman–Crippen LogP) is 6.53. The zero-order chi connectivity index (χ0) is 20.2. The molecule has 0 aliphatic rings. The highest BCUT2D eigenvalue weighted by Crippen LogP contribution is 2.29. The van der Waals surface area contributed by atoms with Crippen molar-refractivity contribution in [1.82, 2.24) is 10.2 Å². The minimum absolute atomic E-state index is 0.0613. The van der Waals surface area contributed by atoms with Gasteiger partial charge in [-0.2, -0.15) is 0 Å². The van der Waals surface area contributed by atoms with E-state index in [0.29, 0.717) is 17.0 Å². The first-order valence-electron chi connectivity index (χ1n) is 9.25. The molecule has 0 saturated carbocycles. The highest BCUT2D eigenvalue weighted by atomic mass is 35.5. The second-order valence-electron chi connectivity index (χ2n) is 6.07. The lowest BCUT2D eigenvalue weighted by Gasteiger charge is -2.08. The Hall–Kier alpha value is -2.12. The van der Waals surface area contributed by atoms with Crippen molar-refractivity contribution in [3.8, 4) is 17.0 Å². The summed E-state index contributed by atoms with van der Waals surface area (Å²) in [4.78, 5) is 23.7. The number of benzene rings is 1. The molecule has 1 heterocycles. The van der Waals surface area contributed by atoms with E-state index in [-0.39, 0.29) is 10.9 Å². The average Bonchev–Trinajstić information content (AvgIpc) is 2.68. The van der Waals surface area contributed by atoms with E-state index < -0.39 is 11.5 Å². The number of hydrogen-bond donors (Lipinski definition) is 0. The van der Waals surface area contributed by atoms with E-state index in [4.69, 9.17) is 21.1 Å². The summed E-state index contributed by atoms with van der Waals surface area (Å²) in [5.41, 5.74) is 1.02. The van der Waals surface area contributed by atoms with Crippen LogP contribution in [0.4, 0.5) is 9.59 Å². The van der Waals surface area contributed by atoms with Crippen LogP contribution in [0.1, 0.15) is 45.4 Å². The fraction of sp³-hybridized carbons (Fsp3) is 0.400. The SMILES string of the molecule is CCCCCCCCSC(=O)OC(=O)Oc1cc(Cl)nnc1-c1ccccc1. The second kappa shape index (κ2) is 12.4. The molecule has 0 aliphatic heterocycles. The van der Waals surface area contributed by atoms with Crippen molar-refractivity contribution in [2.24, 2.45) is 0 Å². The molecule has 0 amide bonds. The Morgan fingerprint density at radius 2 is 1.75 bits per heavy atom. The van der Waals surface area contributed by atoms with Crippen LogP contribution in [0.15, 0.2) is 36.4 Å². The third-order valence-electron chi connectivity index (χ3n) is 3.85. The second-order valence-corrected chi connectivity index (χ2v) is 7.48. The molecule has 1 aromatic heterocycles. The van der Waals surface area contributed by atoms with Crippen LogP contribution < -0.4 is 4.74 Å². The summed E-state index contributed by atoms with van der Waals surface area (Å²) in [6.45, 7) is 2.17. The van der Waals surface area contributed by atoms with Gasteiger partial charge in [0, 0.05) is 17.4 Å². The molecule has 0 radical (unpaired) electrons. The van der Waals surface area contributed by atoms with Gasteiger partial charge in [-0.3, -0.25) is 0 Å². The van der Waals surface area contributed by atoms with E-state index in [0.717, 1.165) is 31.0 Å². The first-order chi connectivity index (χ1) is 13.6. The molecule has 2 aromatic rings. The minimum atomic E-state index is -1.12. The number of ether oxygens (including phenoxy) is 2. The summed E-state index contributed by atoms with van der Waals surface area (Å²) >= 11 is 6.81. The quantitative estimate of drug-likeness (QED) is 0.258. The predicted molar refractivity (Wildman–Crippen MR) is 111 cm³/mol. The topological polar surface area (TPSA) is 78.4 Å². The Balaban J connectivity index is 1.83. The van der Waals surface area contributed by atoms with Crippen LogP contribution in [-0.2, 0) is 4.74 Å². The molecular formula is C20H23ClN2O4S. The van der Waals surface area contributed by atoms with Crippen LogP contribution in [0.25, 0.3) is 11.3 Å². The van der Waals surface area contributed by atoms with Crippen LogP contribution in [0.3, 0.4) is 0 Å². The van der Waals surface area contributed by atoms with E-state index in [2.05, 4.69) is 17.1 Å². The van der Waals surface area contributed by atoms with E-state index in [1.807, 2.05) is 18.2 Å². The first kappa shape index (κ1) is 22.2. The Kier molecular flexibility index (Phi) is 9.79. The van der Waals surface area contributed by atoms with Gasteiger partial charge in [0.25, 0.3) is 0 Å². The van der Waals surface area contributed by atoms with Gasteiger partial charge in [-0.05, 0) is 18.2 Å². The molecule has 0 bridgehead atoms. The third kappa shape index (κ3) is 7.86. The van der Waals surface area contributed by atoms with Crippen molar-refractivity contribution in [3.63, 3.8) is 0 Å². The lowest BCUT2D eigenvalue weighted by atomic mass is 10.1. The molecule has 150 valence electrons. The van der Waals surface area contributed by atoms with Gasteiger partial charge >= 0.3 is 11.5 Å². The molecule has 2 rings (SSSR count). The van der Waals surface area contributed by atoms with E-state index >= 15 is 0 Å². The lowest BCUT2D eigenvalue weighted by Crippen LogP contribution is -2.14. The van der Waals surface area contributed by atoms with Crippen LogP contribution in [0.5, 0.6) is 5.75 Å². The number of rotatable bonds is 9. The van der Waals surface area contributed by atoms with Gasteiger partial charge in [0.05, 0.1) is 0 Å². The third-order valence-corrected chi connectivity index (χ3v) is 4.85. The van der Waals surface area contributed by atoms with Gasteiger partial charge in [-0.1, -0.05) is 81.0 Å². The number of aromatic nitrogens is 2. The van der Waals surface area contributed by atoms with Crippen molar-refractivity contribution in [1.29, 1.82) is 0 Å². The summed E-state index contributed by atoms with van der Waals surface area (Å²) in [5, 5.41) is 7.11. The highest BCUT2D eigenvalue weighted by Gasteiger charge is 2.18. The molecule has 8 heteroatoms. The number of hydrogen-bond acceptors (Lipinski definition) is 7. The van der Waals surface area contributed by atoms with Gasteiger partial charge in [0.1, 0.15) is 5.69 Å². The minimum Gasteiger partial charge on any atom is -0.392 e. The Labute approximate surface area is 174 Å². The summed E-state index contributed by atoms with van der Waals surface area (Å²) in [5.74, 6) is 0.681. The highest BCUT2D eigenvalue weighted by molar-refractivity contribution is 8.13. The molecule has 0 atom stereocenters. The van der Waals surface area contributed by atoms with Gasteiger partial charge in [-0.15, -0.1) is 10.2 Å². The normalized spacial score (nSPS) is 10.5. The van der Waals surface area contributed by atoms with Crippen molar-refractivity contribution in [3.05, 3.63) is 41.6 Å². The standard InChI is InChI=1S/C20H23ClN2O4S/c1-2-3-4-5-6-10-13-28-20(25)27-19(24)26-16-14-17(21)22-23-18(16)15-11-8-7-9-12-15/h7-9,11-12,14H,2-6,10,13H2,1H3. The maximum absolute atomic E-state index is 12.0. The molecule has 0 spiro atoms. The summed E-state index contributed by atoms with van der Waals surface area (Å²) < 4.78 is 9.84. The Bertz CT molecular complexity index is 774. The lowest BCUT2D eigenvalue weighted by molar-refractivity contribution is 0.128. The maximum Gasteiger partial charge on any atom is 0.522 e. The van der Waals surface area contributed by atoms with Crippen molar-refractivity contribution >= 4 is 34.8 Å². The van der Waals surface area contributed by atoms with Gasteiger partial charge < -0.3 is 9.47 Å². The van der Waals surface area contributed by atoms with E-state index in [9.17, 15) is 9.59 Å². The molecule has 0 aliphatic carbocycles. The van der Waals surface area contributed by atoms with E-state index in [1.165, 1.54) is 25.3 Å². The molecule has 0 N–H and O–H groups in total. The number of carbonyl (C=O) groups excluding carboxylic acids is 2. The van der Waals surface area contributed by atoms with Crippen molar-refractivity contribution in [2.75, 3.05) is 5.75 Å². The summed E-state index contributed by atoms with van der Waals surface area (Å²) in [6, 6.07) is 10.4. The summed E-state index contributed by atoms with van der Waals surface area (Å²) in [6.07, 6.45) is 5.65. The number of unbranched alkanes of at least 4 members (excludes halogenated alkanes) is 5. The average molecular weight is 423 g/mol. The molecule has 6 nitrogen and oxygen atoms in total. The van der Waals surface area contributed by atoms with Gasteiger partial charge in [0.15, 0.2) is 10.9 Å².